The fraction of sp³-hybridized carbons (Fsp3) is 0.321. The summed E-state index contributed by atoms with van der Waals surface area (Å²) in [4.78, 5) is 61.6. The number of esters is 1. The monoisotopic (exact) mass is 647 g/mol. The normalized spacial score (nSPS) is 18.4. The number of hydrogen-bond donors (Lipinski definition) is 4. The molecule has 0 aromatic heterocycles. The predicted molar refractivity (Wildman–Crippen MR) is 156 cm³/mol. The van der Waals surface area contributed by atoms with Crippen LogP contribution < -0.4 is 19.5 Å². The number of para-hydroxylation sites is 2. The number of carboxylic acid groups (broad SMARTS) is 2. The Morgan fingerprint density at radius 3 is 2.14 bits per heavy atom. The molecule has 0 aliphatic carbocycles. The molecule has 2 amide bonds. The highest BCUT2D eigenvalue weighted by Crippen LogP contribution is 2.45. The van der Waals surface area contributed by atoms with Gasteiger partial charge in [-0.15, -0.1) is 11.8 Å². The number of ether oxygens (including phenoxy) is 1. The van der Waals surface area contributed by atoms with Crippen molar-refractivity contribution in [3.8, 4) is 11.5 Å². The number of aliphatic carboxylic acids is 2. The highest BCUT2D eigenvalue weighted by atomic mass is 32.2. The average Bonchev–Trinajstić information content (AvgIpc) is 2.98. The van der Waals surface area contributed by atoms with Crippen LogP contribution in [0.2, 0.25) is 0 Å². The summed E-state index contributed by atoms with van der Waals surface area (Å²) >= 11 is 1.22. The van der Waals surface area contributed by atoms with Crippen molar-refractivity contribution in [2.45, 2.75) is 43.6 Å². The lowest BCUT2D eigenvalue weighted by Crippen LogP contribution is -2.70. The molecule has 14 nitrogen and oxygen atoms in total. The number of nitrogens with one attached hydrogen (secondary N) is 2. The number of carboxylic acids is 2. The molecule has 2 unspecified atom stereocenters. The van der Waals surface area contributed by atoms with E-state index >= 15 is 0 Å². The van der Waals surface area contributed by atoms with E-state index in [9.17, 15) is 38.8 Å². The van der Waals surface area contributed by atoms with Crippen LogP contribution >= 0.6 is 19.5 Å². The van der Waals surface area contributed by atoms with Crippen LogP contribution in [0, 0.1) is 0 Å². The molecule has 4 rings (SSSR count). The largest absolute Gasteiger partial charge is 0.513 e. The van der Waals surface area contributed by atoms with Crippen molar-refractivity contribution in [2.24, 2.45) is 0 Å². The summed E-state index contributed by atoms with van der Waals surface area (Å²) in [5.74, 6) is -3.93. The molecule has 0 spiro atoms. The zero-order valence-corrected chi connectivity index (χ0v) is 25.1. The molecule has 2 heterocycles. The van der Waals surface area contributed by atoms with Gasteiger partial charge in [-0.3, -0.25) is 24.1 Å². The van der Waals surface area contributed by atoms with Crippen LogP contribution in [0.5, 0.6) is 11.5 Å². The Balaban J connectivity index is 1.35. The zero-order valence-electron chi connectivity index (χ0n) is 23.4. The Labute approximate surface area is 256 Å². The van der Waals surface area contributed by atoms with E-state index in [-0.39, 0.29) is 54.4 Å². The Morgan fingerprint density at radius 2 is 1.61 bits per heavy atom. The van der Waals surface area contributed by atoms with Gasteiger partial charge in [0.25, 0.3) is 5.91 Å². The number of thioether (sulfide) groups is 1. The molecule has 1 fully saturated rings. The van der Waals surface area contributed by atoms with Gasteiger partial charge < -0.3 is 29.3 Å². The summed E-state index contributed by atoms with van der Waals surface area (Å²) in [5.41, 5.74) is -0.00943. The minimum absolute atomic E-state index is 0.0295. The maximum absolute atomic E-state index is 13.7. The third kappa shape index (κ3) is 8.18. The summed E-state index contributed by atoms with van der Waals surface area (Å²) in [6, 6.07) is 13.8. The molecule has 0 radical (unpaired) electrons. The molecule has 2 aliphatic heterocycles. The van der Waals surface area contributed by atoms with E-state index < -0.39 is 54.9 Å². The van der Waals surface area contributed by atoms with Gasteiger partial charge >= 0.3 is 25.7 Å². The Kier molecular flexibility index (Phi) is 10.7. The van der Waals surface area contributed by atoms with Crippen LogP contribution in [0.4, 0.5) is 0 Å². The highest BCUT2D eigenvalue weighted by molar-refractivity contribution is 8.00. The summed E-state index contributed by atoms with van der Waals surface area (Å²) < 4.78 is 29.7. The van der Waals surface area contributed by atoms with Gasteiger partial charge in [-0.2, -0.15) is 5.09 Å². The summed E-state index contributed by atoms with van der Waals surface area (Å²) in [6.07, 6.45) is -0.283. The van der Waals surface area contributed by atoms with E-state index in [2.05, 4.69) is 10.4 Å². The second kappa shape index (κ2) is 14.4. The Hall–Kier alpha value is -4.33. The van der Waals surface area contributed by atoms with Gasteiger partial charge in [0.05, 0.1) is 0 Å². The molecular formula is C28H30N3O11PS. The first-order valence-corrected chi connectivity index (χ1v) is 16.0. The maximum atomic E-state index is 13.7. The number of amides is 2. The second-order valence-corrected chi connectivity index (χ2v) is 12.4. The molecular weight excluding hydrogens is 617 g/mol. The number of fused-ring (bicyclic) bond motifs is 1. The van der Waals surface area contributed by atoms with E-state index in [0.717, 1.165) is 4.90 Å². The third-order valence-electron chi connectivity index (χ3n) is 6.46. The van der Waals surface area contributed by atoms with Crippen molar-refractivity contribution >= 4 is 49.2 Å². The summed E-state index contributed by atoms with van der Waals surface area (Å²) in [7, 11) is -4.27. The number of benzene rings is 2. The highest BCUT2D eigenvalue weighted by Gasteiger charge is 2.54. The van der Waals surface area contributed by atoms with Gasteiger partial charge in [-0.1, -0.05) is 36.4 Å². The number of carbonyl (C=O) groups excluding carboxylic acids is 3. The Morgan fingerprint density at radius 1 is 1.02 bits per heavy atom. The molecule has 0 saturated carbocycles. The van der Waals surface area contributed by atoms with Crippen LogP contribution in [0.15, 0.2) is 71.9 Å². The number of rotatable bonds is 15. The molecule has 16 heteroatoms. The number of nitrogens with zero attached hydrogens (tertiary/aromatic N) is 1. The van der Waals surface area contributed by atoms with E-state index in [0.29, 0.717) is 0 Å². The quantitative estimate of drug-likeness (QED) is 0.125. The minimum atomic E-state index is -4.27. The fourth-order valence-corrected chi connectivity index (χ4v) is 7.33. The molecule has 2 aromatic carbocycles. The Bertz CT molecular complexity index is 1440. The van der Waals surface area contributed by atoms with Gasteiger partial charge in [0, 0.05) is 24.7 Å². The lowest BCUT2D eigenvalue weighted by atomic mass is 10.0. The second-order valence-electron chi connectivity index (χ2n) is 9.71. The smallest absolute Gasteiger partial charge is 0.480 e. The number of carbonyl (C=O) groups is 5. The van der Waals surface area contributed by atoms with E-state index in [4.69, 9.17) is 13.8 Å². The number of hydrogen-bond acceptors (Lipinski definition) is 10. The van der Waals surface area contributed by atoms with E-state index in [1.54, 1.807) is 36.4 Å². The third-order valence-corrected chi connectivity index (χ3v) is 9.33. The van der Waals surface area contributed by atoms with E-state index in [1.807, 2.05) is 0 Å². The topological polar surface area (TPSA) is 198 Å². The van der Waals surface area contributed by atoms with Crippen LogP contribution in [-0.2, 0) is 33.3 Å². The summed E-state index contributed by atoms with van der Waals surface area (Å²) in [6.45, 7) is 0.917. The molecule has 1 saturated heterocycles. The predicted octanol–water partition coefficient (Wildman–Crippen LogP) is 2.77. The van der Waals surface area contributed by atoms with Crippen LogP contribution in [-0.4, -0.2) is 74.7 Å². The summed E-state index contributed by atoms with van der Waals surface area (Å²) in [5, 5.41) is 23.9. The van der Waals surface area contributed by atoms with Crippen LogP contribution in [0.25, 0.3) is 0 Å². The van der Waals surface area contributed by atoms with Crippen molar-refractivity contribution in [1.82, 2.24) is 15.3 Å². The standard InChI is InChI=1S/C28H30N3O11PS/c1-17(32)40-15-18-16-44-26-23(25(34)31(26)24(18)28(37)38)29-22(33)14-8-13-21(27(35)36)30-43(39,41-19-9-4-2-5-10-19)42-20-11-6-3-7-12-20/h2-7,9-12,21,23,26H,8,13-16H2,1H3,(H,29,33)(H,30,39)(H,35,36)(H,37,38)/t21?,23?,26-/m0/s1. The van der Waals surface area contributed by atoms with Crippen LogP contribution in [0.3, 0.4) is 0 Å². The molecule has 4 N–H and O–H groups in total. The molecule has 234 valence electrons. The molecule has 44 heavy (non-hydrogen) atoms. The van der Waals surface area contributed by atoms with Crippen molar-refractivity contribution in [1.29, 1.82) is 0 Å². The number of β-lactam (4-membered cyclic amide) rings is 1. The lowest BCUT2D eigenvalue weighted by Gasteiger charge is -2.49. The molecule has 3 atom stereocenters. The fourth-order valence-electron chi connectivity index (χ4n) is 4.44. The lowest BCUT2D eigenvalue weighted by molar-refractivity contribution is -0.151. The SMILES string of the molecule is CC(=O)OCC1=C(C(=O)O)N2C(=O)C(NC(=O)CCCC(NP(=O)(Oc3ccccc3)Oc3ccccc3)C(=O)O)[C@@H]2SC1. The van der Waals surface area contributed by atoms with Crippen molar-refractivity contribution in [3.63, 3.8) is 0 Å². The van der Waals surface area contributed by atoms with Gasteiger partial charge in [-0.05, 0) is 37.1 Å². The molecule has 0 bridgehead atoms. The molecule has 2 aliphatic rings. The van der Waals surface area contributed by atoms with Gasteiger partial charge in [0.1, 0.15) is 41.3 Å². The van der Waals surface area contributed by atoms with Gasteiger partial charge in [-0.25, -0.2) is 9.36 Å². The van der Waals surface area contributed by atoms with Crippen LogP contribution in [0.1, 0.15) is 26.2 Å². The van der Waals surface area contributed by atoms with Gasteiger partial charge in [0.2, 0.25) is 5.91 Å². The average molecular weight is 648 g/mol. The first-order valence-electron chi connectivity index (χ1n) is 13.4. The maximum Gasteiger partial charge on any atom is 0.513 e. The minimum Gasteiger partial charge on any atom is -0.480 e. The van der Waals surface area contributed by atoms with E-state index in [1.165, 1.54) is 43.0 Å². The van der Waals surface area contributed by atoms with Gasteiger partial charge in [0.15, 0.2) is 0 Å². The van der Waals surface area contributed by atoms with Crippen molar-refractivity contribution < 1.29 is 52.5 Å². The molecule has 2 aromatic rings. The first kappa shape index (κ1) is 32.6. The zero-order chi connectivity index (χ0) is 31.9. The first-order chi connectivity index (χ1) is 21.0. The van der Waals surface area contributed by atoms with Crippen molar-refractivity contribution in [3.05, 3.63) is 71.9 Å². The van der Waals surface area contributed by atoms with Crippen molar-refractivity contribution in [2.75, 3.05) is 12.4 Å².